The molecule has 1 aliphatic heterocycles. The maximum atomic E-state index is 12.6. The summed E-state index contributed by atoms with van der Waals surface area (Å²) in [4.78, 5) is 12.4. The Hall–Kier alpha value is -1.83. The largest absolute Gasteiger partial charge is 0.466 e. The van der Waals surface area contributed by atoms with Crippen molar-refractivity contribution in [3.63, 3.8) is 0 Å². The van der Waals surface area contributed by atoms with Crippen LogP contribution in [0.5, 0.6) is 0 Å². The Bertz CT molecular complexity index is 843. The van der Waals surface area contributed by atoms with Crippen LogP contribution in [0.3, 0.4) is 0 Å². The number of hydrogen-bond donors (Lipinski definition) is 2. The number of carbonyl (C=O) groups excluding carboxylic acids is 1. The van der Waals surface area contributed by atoms with Crippen LogP contribution >= 0.6 is 11.6 Å². The third-order valence-corrected chi connectivity index (χ3v) is 5.88. The molecule has 1 aliphatic rings. The molecule has 0 aromatic heterocycles. The highest BCUT2D eigenvalue weighted by atomic mass is 35.5. The lowest BCUT2D eigenvalue weighted by molar-refractivity contribution is -0.136. The molecule has 1 atom stereocenters. The molecule has 1 aromatic carbocycles. The summed E-state index contributed by atoms with van der Waals surface area (Å²) in [6.07, 6.45) is 0. The number of carbonyl (C=O) groups is 1. The van der Waals surface area contributed by atoms with Gasteiger partial charge in [0.25, 0.3) is 0 Å². The highest BCUT2D eigenvalue weighted by Gasteiger charge is 2.40. The summed E-state index contributed by atoms with van der Waals surface area (Å²) in [5, 5.41) is 3.32. The van der Waals surface area contributed by atoms with Crippen LogP contribution in [-0.4, -0.2) is 28.5 Å². The van der Waals surface area contributed by atoms with Crippen molar-refractivity contribution in [3.8, 4) is 0 Å². The number of methoxy groups -OCH3 is 1. The molecule has 0 aliphatic carbocycles. The minimum Gasteiger partial charge on any atom is -0.466 e. The van der Waals surface area contributed by atoms with Gasteiger partial charge in [-0.1, -0.05) is 29.8 Å². The van der Waals surface area contributed by atoms with Crippen LogP contribution in [0, 0.1) is 0 Å². The molecule has 6 nitrogen and oxygen atoms in total. The molecule has 1 heterocycles. The van der Waals surface area contributed by atoms with E-state index in [0.717, 1.165) is 0 Å². The Kier molecular flexibility index (Phi) is 5.37. The molecule has 2 N–H and O–H groups in total. The van der Waals surface area contributed by atoms with E-state index in [1.165, 1.54) is 14.2 Å². The van der Waals surface area contributed by atoms with Crippen molar-refractivity contribution in [2.24, 2.45) is 0 Å². The van der Waals surface area contributed by atoms with Crippen molar-refractivity contribution in [2.75, 3.05) is 14.2 Å². The lowest BCUT2D eigenvalue weighted by Gasteiger charge is -2.31. The first-order chi connectivity index (χ1) is 11.2. The first-order valence-corrected chi connectivity index (χ1v) is 9.05. The van der Waals surface area contributed by atoms with Gasteiger partial charge in [0, 0.05) is 16.4 Å². The molecule has 1 aromatic rings. The second-order valence-electron chi connectivity index (χ2n) is 5.31. The summed E-state index contributed by atoms with van der Waals surface area (Å²) >= 11 is 6.29. The number of ether oxygens (including phenoxy) is 1. The first kappa shape index (κ1) is 18.5. The van der Waals surface area contributed by atoms with E-state index in [2.05, 4.69) is 10.0 Å². The maximum Gasteiger partial charge on any atom is 0.336 e. The molecule has 0 radical (unpaired) electrons. The molecule has 2 rings (SSSR count). The summed E-state index contributed by atoms with van der Waals surface area (Å²) in [6.45, 7) is 3.34. The molecule has 8 heteroatoms. The number of hydrogen-bond acceptors (Lipinski definition) is 5. The van der Waals surface area contributed by atoms with Gasteiger partial charge in [-0.15, -0.1) is 0 Å². The van der Waals surface area contributed by atoms with Gasteiger partial charge in [0.15, 0.2) is 0 Å². The topological polar surface area (TPSA) is 84.5 Å². The predicted molar refractivity (Wildman–Crippen MR) is 92.7 cm³/mol. The minimum absolute atomic E-state index is 0.0455. The molecule has 24 heavy (non-hydrogen) atoms. The van der Waals surface area contributed by atoms with E-state index in [1.54, 1.807) is 38.1 Å². The molecule has 1 unspecified atom stereocenters. The zero-order valence-electron chi connectivity index (χ0n) is 13.8. The quantitative estimate of drug-likeness (QED) is 0.794. The summed E-state index contributed by atoms with van der Waals surface area (Å²) in [6, 6.07) is 6.84. The number of esters is 1. The molecule has 130 valence electrons. The smallest absolute Gasteiger partial charge is 0.336 e. The normalized spacial score (nSPS) is 18.5. The number of dihydropyridines is 1. The molecule has 0 saturated heterocycles. The van der Waals surface area contributed by atoms with E-state index < -0.39 is 21.9 Å². The van der Waals surface area contributed by atoms with E-state index in [4.69, 9.17) is 16.3 Å². The number of sulfonamides is 1. The lowest BCUT2D eigenvalue weighted by atomic mass is 9.86. The van der Waals surface area contributed by atoms with Crippen LogP contribution in [0.2, 0.25) is 5.02 Å². The number of rotatable bonds is 4. The van der Waals surface area contributed by atoms with E-state index in [9.17, 15) is 13.2 Å². The van der Waals surface area contributed by atoms with Crippen molar-refractivity contribution >= 4 is 27.6 Å². The standard InChI is InChI=1S/C16H19ClN2O4S/c1-9-13(16(20)23-4)14(11-7-5-6-8-12(11)17)15(10(2)19-9)24(21,22)18-3/h5-8,14,18-19H,1-4H3. The van der Waals surface area contributed by atoms with Gasteiger partial charge in [-0.25, -0.2) is 17.9 Å². The van der Waals surface area contributed by atoms with Gasteiger partial charge in [0.1, 0.15) is 0 Å². The van der Waals surface area contributed by atoms with Gasteiger partial charge in [0.05, 0.1) is 23.5 Å². The summed E-state index contributed by atoms with van der Waals surface area (Å²) in [5.41, 5.74) is 1.69. The molecular weight excluding hydrogens is 352 g/mol. The highest BCUT2D eigenvalue weighted by molar-refractivity contribution is 7.93. The van der Waals surface area contributed by atoms with Crippen LogP contribution in [0.15, 0.2) is 46.1 Å². The average Bonchev–Trinajstić information content (AvgIpc) is 2.53. The Morgan fingerprint density at radius 2 is 1.88 bits per heavy atom. The van der Waals surface area contributed by atoms with Crippen LogP contribution < -0.4 is 10.0 Å². The third kappa shape index (κ3) is 3.19. The molecule has 0 saturated carbocycles. The molecule has 0 amide bonds. The molecule has 0 bridgehead atoms. The predicted octanol–water partition coefficient (Wildman–Crippen LogP) is 2.25. The fraction of sp³-hybridized carbons (Fsp3) is 0.312. The second-order valence-corrected chi connectivity index (χ2v) is 7.57. The number of nitrogens with one attached hydrogen (secondary N) is 2. The van der Waals surface area contributed by atoms with Crippen molar-refractivity contribution in [1.82, 2.24) is 10.0 Å². The number of halogens is 1. The van der Waals surface area contributed by atoms with Crippen molar-refractivity contribution < 1.29 is 17.9 Å². The molecule has 0 spiro atoms. The highest BCUT2D eigenvalue weighted by Crippen LogP contribution is 2.42. The maximum absolute atomic E-state index is 12.6. The Morgan fingerprint density at radius 3 is 2.42 bits per heavy atom. The third-order valence-electron chi connectivity index (χ3n) is 3.88. The first-order valence-electron chi connectivity index (χ1n) is 7.19. The number of benzene rings is 1. The van der Waals surface area contributed by atoms with Crippen LogP contribution in [-0.2, 0) is 19.6 Å². The monoisotopic (exact) mass is 370 g/mol. The molecular formula is C16H19ClN2O4S. The van der Waals surface area contributed by atoms with Gasteiger partial charge < -0.3 is 10.1 Å². The average molecular weight is 371 g/mol. The van der Waals surface area contributed by atoms with E-state index in [1.807, 2.05) is 0 Å². The number of allylic oxidation sites excluding steroid dienone is 3. The minimum atomic E-state index is -3.82. The fourth-order valence-electron chi connectivity index (χ4n) is 2.83. The van der Waals surface area contributed by atoms with Crippen molar-refractivity contribution in [3.05, 3.63) is 56.7 Å². The van der Waals surface area contributed by atoms with Crippen LogP contribution in [0.4, 0.5) is 0 Å². The van der Waals surface area contributed by atoms with E-state index >= 15 is 0 Å². The lowest BCUT2D eigenvalue weighted by Crippen LogP contribution is -2.35. The van der Waals surface area contributed by atoms with Gasteiger partial charge >= 0.3 is 5.97 Å². The summed E-state index contributed by atoms with van der Waals surface area (Å²) in [7, 11) is -1.24. The van der Waals surface area contributed by atoms with Gasteiger partial charge in [-0.05, 0) is 32.5 Å². The second kappa shape index (κ2) is 6.96. The van der Waals surface area contributed by atoms with E-state index in [-0.39, 0.29) is 10.5 Å². The summed E-state index contributed by atoms with van der Waals surface area (Å²) in [5.74, 6) is -1.47. The van der Waals surface area contributed by atoms with Gasteiger partial charge in [-0.2, -0.15) is 0 Å². The fourth-order valence-corrected chi connectivity index (χ4v) is 4.30. The Labute approximate surface area is 146 Å². The Morgan fingerprint density at radius 1 is 1.25 bits per heavy atom. The molecule has 0 fully saturated rings. The SMILES string of the molecule is CNS(=O)(=O)C1=C(C)NC(C)=C(C(=O)OC)C1c1ccccc1Cl. The van der Waals surface area contributed by atoms with Crippen LogP contribution in [0.25, 0.3) is 0 Å². The zero-order valence-corrected chi connectivity index (χ0v) is 15.4. The van der Waals surface area contributed by atoms with Gasteiger partial charge in [0.2, 0.25) is 10.0 Å². The zero-order chi connectivity index (χ0) is 18.1. The van der Waals surface area contributed by atoms with Crippen molar-refractivity contribution in [2.45, 2.75) is 19.8 Å². The van der Waals surface area contributed by atoms with Crippen molar-refractivity contribution in [1.29, 1.82) is 0 Å². The van der Waals surface area contributed by atoms with Crippen LogP contribution in [0.1, 0.15) is 25.3 Å². The van der Waals surface area contributed by atoms with E-state index in [0.29, 0.717) is 22.0 Å². The summed E-state index contributed by atoms with van der Waals surface area (Å²) < 4.78 is 32.4. The Balaban J connectivity index is 2.82. The van der Waals surface area contributed by atoms with Gasteiger partial charge in [-0.3, -0.25) is 0 Å².